The lowest BCUT2D eigenvalue weighted by Gasteiger charge is -2.35. The van der Waals surface area contributed by atoms with Gasteiger partial charge in [-0.15, -0.1) is 0 Å². The van der Waals surface area contributed by atoms with Gasteiger partial charge in [-0.05, 0) is 23.0 Å². The Morgan fingerprint density at radius 2 is 1.63 bits per heavy atom. The van der Waals surface area contributed by atoms with Gasteiger partial charge in [0.1, 0.15) is 0 Å². The molecule has 0 spiro atoms. The second kappa shape index (κ2) is 7.46. The van der Waals surface area contributed by atoms with Crippen LogP contribution in [0.15, 0.2) is 24.3 Å². The van der Waals surface area contributed by atoms with Gasteiger partial charge in [0.05, 0.1) is 16.8 Å². The standard InChI is InChI=1S/C19H30N2O4S2/c1-19(2,3)17-6-4-16(5-7-17)14-20-9-11-21(12-10-20)27(24,25)18-8-13-26(22,23)15-18/h4-7,18H,8-15H2,1-3H3. The molecule has 2 aliphatic heterocycles. The van der Waals surface area contributed by atoms with Crippen LogP contribution in [0.5, 0.6) is 0 Å². The highest BCUT2D eigenvalue weighted by molar-refractivity contribution is 7.95. The summed E-state index contributed by atoms with van der Waals surface area (Å²) in [5, 5.41) is -0.765. The van der Waals surface area contributed by atoms with Crippen LogP contribution in [0.3, 0.4) is 0 Å². The first-order chi connectivity index (χ1) is 12.5. The molecule has 0 aliphatic carbocycles. The third-order valence-corrected chi connectivity index (χ3v) is 9.84. The van der Waals surface area contributed by atoms with Gasteiger partial charge in [-0.1, -0.05) is 45.0 Å². The van der Waals surface area contributed by atoms with Crippen molar-refractivity contribution in [3.05, 3.63) is 35.4 Å². The van der Waals surface area contributed by atoms with Crippen LogP contribution in [-0.4, -0.2) is 69.0 Å². The first-order valence-corrected chi connectivity index (χ1v) is 12.8. The van der Waals surface area contributed by atoms with Gasteiger partial charge in [-0.2, -0.15) is 4.31 Å². The molecule has 1 aromatic rings. The lowest BCUT2D eigenvalue weighted by atomic mass is 9.87. The molecule has 3 rings (SSSR count). The summed E-state index contributed by atoms with van der Waals surface area (Å²) in [6, 6.07) is 8.62. The summed E-state index contributed by atoms with van der Waals surface area (Å²) in [6.45, 7) is 9.57. The maximum atomic E-state index is 12.7. The van der Waals surface area contributed by atoms with Crippen molar-refractivity contribution in [2.75, 3.05) is 37.7 Å². The van der Waals surface area contributed by atoms with E-state index in [2.05, 4.69) is 49.9 Å². The maximum Gasteiger partial charge on any atom is 0.218 e. The molecule has 1 aromatic carbocycles. The number of hydrogen-bond acceptors (Lipinski definition) is 5. The van der Waals surface area contributed by atoms with Crippen molar-refractivity contribution < 1.29 is 16.8 Å². The van der Waals surface area contributed by atoms with Crippen LogP contribution in [0.2, 0.25) is 0 Å². The van der Waals surface area contributed by atoms with Gasteiger partial charge in [0.2, 0.25) is 10.0 Å². The topological polar surface area (TPSA) is 74.8 Å². The van der Waals surface area contributed by atoms with Crippen molar-refractivity contribution >= 4 is 19.9 Å². The van der Waals surface area contributed by atoms with E-state index in [-0.39, 0.29) is 23.3 Å². The first kappa shape index (κ1) is 20.8. The van der Waals surface area contributed by atoms with Crippen LogP contribution < -0.4 is 0 Å². The normalized spacial score (nSPS) is 24.9. The van der Waals surface area contributed by atoms with Gasteiger partial charge in [0.25, 0.3) is 0 Å². The summed E-state index contributed by atoms with van der Waals surface area (Å²) in [6.07, 6.45) is 0.227. The summed E-state index contributed by atoms with van der Waals surface area (Å²) in [4.78, 5) is 2.25. The number of sulfonamides is 1. The molecule has 152 valence electrons. The smallest absolute Gasteiger partial charge is 0.218 e. The Labute approximate surface area is 163 Å². The molecule has 0 bridgehead atoms. The van der Waals surface area contributed by atoms with E-state index in [1.807, 2.05) is 0 Å². The quantitative estimate of drug-likeness (QED) is 0.748. The second-order valence-corrected chi connectivity index (χ2v) is 13.1. The number of hydrogen-bond donors (Lipinski definition) is 0. The molecule has 0 aromatic heterocycles. The van der Waals surface area contributed by atoms with Gasteiger partial charge in [0.15, 0.2) is 9.84 Å². The Bertz CT molecular complexity index is 863. The van der Waals surface area contributed by atoms with Crippen LogP contribution in [0.1, 0.15) is 38.3 Å². The maximum absolute atomic E-state index is 12.7. The lowest BCUT2D eigenvalue weighted by molar-refractivity contribution is 0.181. The zero-order valence-corrected chi connectivity index (χ0v) is 18.0. The van der Waals surface area contributed by atoms with E-state index >= 15 is 0 Å². The van der Waals surface area contributed by atoms with Crippen molar-refractivity contribution in [2.45, 2.75) is 44.4 Å². The van der Waals surface area contributed by atoms with Crippen LogP contribution in [0, 0.1) is 0 Å². The van der Waals surface area contributed by atoms with E-state index in [9.17, 15) is 16.8 Å². The highest BCUT2D eigenvalue weighted by Gasteiger charge is 2.41. The van der Waals surface area contributed by atoms with E-state index < -0.39 is 25.1 Å². The molecule has 0 amide bonds. The van der Waals surface area contributed by atoms with Crippen molar-refractivity contribution in [2.24, 2.45) is 0 Å². The van der Waals surface area contributed by atoms with Crippen molar-refractivity contribution in [1.82, 2.24) is 9.21 Å². The second-order valence-electron chi connectivity index (χ2n) is 8.69. The van der Waals surface area contributed by atoms with E-state index in [0.29, 0.717) is 26.2 Å². The monoisotopic (exact) mass is 414 g/mol. The molecular formula is C19H30N2O4S2. The molecule has 2 aliphatic rings. The highest BCUT2D eigenvalue weighted by atomic mass is 32.2. The van der Waals surface area contributed by atoms with Crippen molar-refractivity contribution in [3.63, 3.8) is 0 Å². The average Bonchev–Trinajstić information content (AvgIpc) is 2.96. The Hall–Kier alpha value is -0.960. The van der Waals surface area contributed by atoms with Crippen LogP contribution in [0.25, 0.3) is 0 Å². The van der Waals surface area contributed by atoms with E-state index in [1.54, 1.807) is 0 Å². The summed E-state index contributed by atoms with van der Waals surface area (Å²) >= 11 is 0. The van der Waals surface area contributed by atoms with Crippen LogP contribution >= 0.6 is 0 Å². The summed E-state index contributed by atoms with van der Waals surface area (Å²) in [7, 11) is -6.72. The van der Waals surface area contributed by atoms with Gasteiger partial charge in [-0.25, -0.2) is 16.8 Å². The van der Waals surface area contributed by atoms with E-state index in [0.717, 1.165) is 6.54 Å². The summed E-state index contributed by atoms with van der Waals surface area (Å²) in [5.41, 5.74) is 2.65. The predicted octanol–water partition coefficient (Wildman–Crippen LogP) is 1.62. The number of piperazine rings is 1. The fraction of sp³-hybridized carbons (Fsp3) is 0.684. The SMILES string of the molecule is CC(C)(C)c1ccc(CN2CCN(S(=O)(=O)C3CCS(=O)(=O)C3)CC2)cc1. The Morgan fingerprint density at radius 1 is 1.04 bits per heavy atom. The fourth-order valence-corrected chi connectivity index (χ4v) is 8.23. The number of rotatable bonds is 4. The van der Waals surface area contributed by atoms with E-state index in [4.69, 9.17) is 0 Å². The molecule has 0 N–H and O–H groups in total. The summed E-state index contributed by atoms with van der Waals surface area (Å²) < 4.78 is 50.2. The molecule has 0 saturated carbocycles. The van der Waals surface area contributed by atoms with Gasteiger partial charge in [0, 0.05) is 32.7 Å². The third kappa shape index (κ3) is 4.91. The predicted molar refractivity (Wildman–Crippen MR) is 108 cm³/mol. The molecule has 2 fully saturated rings. The third-order valence-electron chi connectivity index (χ3n) is 5.53. The number of nitrogens with zero attached hydrogens (tertiary/aromatic N) is 2. The molecular weight excluding hydrogens is 384 g/mol. The Morgan fingerprint density at radius 3 is 2.11 bits per heavy atom. The molecule has 6 nitrogen and oxygen atoms in total. The lowest BCUT2D eigenvalue weighted by Crippen LogP contribution is -2.50. The fourth-order valence-electron chi connectivity index (χ4n) is 3.72. The van der Waals surface area contributed by atoms with Gasteiger partial charge >= 0.3 is 0 Å². The first-order valence-electron chi connectivity index (χ1n) is 9.48. The largest absolute Gasteiger partial charge is 0.296 e. The van der Waals surface area contributed by atoms with Crippen molar-refractivity contribution in [1.29, 1.82) is 0 Å². The molecule has 1 atom stereocenters. The Balaban J connectivity index is 1.56. The number of sulfone groups is 1. The van der Waals surface area contributed by atoms with Crippen LogP contribution in [-0.2, 0) is 31.8 Å². The minimum Gasteiger partial charge on any atom is -0.296 e. The molecule has 0 radical (unpaired) electrons. The molecule has 2 saturated heterocycles. The van der Waals surface area contributed by atoms with Gasteiger partial charge < -0.3 is 0 Å². The van der Waals surface area contributed by atoms with Crippen molar-refractivity contribution in [3.8, 4) is 0 Å². The molecule has 27 heavy (non-hydrogen) atoms. The molecule has 2 heterocycles. The molecule has 8 heteroatoms. The number of benzene rings is 1. The zero-order valence-electron chi connectivity index (χ0n) is 16.4. The highest BCUT2D eigenvalue weighted by Crippen LogP contribution is 2.24. The van der Waals surface area contributed by atoms with E-state index in [1.165, 1.54) is 15.4 Å². The average molecular weight is 415 g/mol. The van der Waals surface area contributed by atoms with Gasteiger partial charge in [-0.3, -0.25) is 4.90 Å². The van der Waals surface area contributed by atoms with Crippen LogP contribution in [0.4, 0.5) is 0 Å². The minimum atomic E-state index is -3.52. The molecule has 1 unspecified atom stereocenters. The zero-order chi connectivity index (χ0) is 19.9. The minimum absolute atomic E-state index is 0.0125. The Kier molecular flexibility index (Phi) is 5.74. The summed E-state index contributed by atoms with van der Waals surface area (Å²) in [5.74, 6) is -0.239.